The molecule has 1 unspecified atom stereocenters. The van der Waals surface area contributed by atoms with E-state index in [4.69, 9.17) is 21.1 Å². The zero-order chi connectivity index (χ0) is 21.3. The van der Waals surface area contributed by atoms with E-state index in [0.29, 0.717) is 16.5 Å². The Labute approximate surface area is 186 Å². The number of unbranched alkanes of at least 4 members (excludes halogenated alkanes) is 1. The van der Waals surface area contributed by atoms with E-state index in [0.717, 1.165) is 41.7 Å². The molecule has 0 aliphatic carbocycles. The molecule has 8 heteroatoms. The molecule has 2 aromatic carbocycles. The first-order valence-electron chi connectivity index (χ1n) is 9.87. The van der Waals surface area contributed by atoms with Gasteiger partial charge in [0.05, 0.1) is 13.2 Å². The maximum atomic E-state index is 10.3. The first-order valence-corrected chi connectivity index (χ1v) is 11.2. The normalized spacial score (nSPS) is 12.0. The minimum Gasteiger partial charge on any atom is -0.497 e. The number of ether oxygens (including phenoxy) is 2. The van der Waals surface area contributed by atoms with Crippen molar-refractivity contribution in [2.45, 2.75) is 37.6 Å². The van der Waals surface area contributed by atoms with Crippen LogP contribution in [0.3, 0.4) is 0 Å². The van der Waals surface area contributed by atoms with Crippen molar-refractivity contribution >= 4 is 23.4 Å². The Morgan fingerprint density at radius 1 is 1.07 bits per heavy atom. The molecule has 0 radical (unpaired) electrons. The van der Waals surface area contributed by atoms with Crippen molar-refractivity contribution in [2.75, 3.05) is 19.5 Å². The highest BCUT2D eigenvalue weighted by Gasteiger charge is 2.16. The number of halogens is 1. The summed E-state index contributed by atoms with van der Waals surface area (Å²) in [6.07, 6.45) is 1.46. The SMILES string of the molecule is CCCCn1c(SCC(O)COc2ccc(Cl)cc2)nnc1-c1ccc(OC)cc1. The molecule has 0 aliphatic rings. The topological polar surface area (TPSA) is 69.4 Å². The van der Waals surface area contributed by atoms with Gasteiger partial charge in [0.2, 0.25) is 0 Å². The number of methoxy groups -OCH3 is 1. The molecule has 3 aromatic rings. The smallest absolute Gasteiger partial charge is 0.191 e. The molecule has 1 atom stereocenters. The van der Waals surface area contributed by atoms with E-state index < -0.39 is 6.10 Å². The predicted octanol–water partition coefficient (Wildman–Crippen LogP) is 4.94. The summed E-state index contributed by atoms with van der Waals surface area (Å²) in [4.78, 5) is 0. The Bertz CT molecular complexity index is 916. The highest BCUT2D eigenvalue weighted by atomic mass is 35.5. The molecule has 1 heterocycles. The maximum absolute atomic E-state index is 10.3. The molecule has 0 aliphatic heterocycles. The van der Waals surface area contributed by atoms with Gasteiger partial charge in [0.15, 0.2) is 11.0 Å². The minimum atomic E-state index is -0.633. The van der Waals surface area contributed by atoms with Gasteiger partial charge in [-0.2, -0.15) is 0 Å². The van der Waals surface area contributed by atoms with Gasteiger partial charge in [0.1, 0.15) is 18.1 Å². The maximum Gasteiger partial charge on any atom is 0.191 e. The van der Waals surface area contributed by atoms with Gasteiger partial charge in [-0.1, -0.05) is 36.7 Å². The van der Waals surface area contributed by atoms with Crippen molar-refractivity contribution in [1.82, 2.24) is 14.8 Å². The molecule has 6 nitrogen and oxygen atoms in total. The van der Waals surface area contributed by atoms with Crippen molar-refractivity contribution in [3.05, 3.63) is 53.6 Å². The molecule has 1 aromatic heterocycles. The number of aliphatic hydroxyl groups is 1. The van der Waals surface area contributed by atoms with Gasteiger partial charge < -0.3 is 19.1 Å². The van der Waals surface area contributed by atoms with Crippen molar-refractivity contribution in [3.63, 3.8) is 0 Å². The third-order valence-electron chi connectivity index (χ3n) is 4.46. The molecule has 30 heavy (non-hydrogen) atoms. The second kappa shape index (κ2) is 11.2. The fraction of sp³-hybridized carbons (Fsp3) is 0.364. The zero-order valence-corrected chi connectivity index (χ0v) is 18.7. The van der Waals surface area contributed by atoms with Crippen LogP contribution in [0.1, 0.15) is 19.8 Å². The van der Waals surface area contributed by atoms with Crippen LogP contribution in [0.4, 0.5) is 0 Å². The Morgan fingerprint density at radius 2 is 1.77 bits per heavy atom. The first-order chi connectivity index (χ1) is 14.6. The van der Waals surface area contributed by atoms with Gasteiger partial charge in [-0.05, 0) is 55.0 Å². The van der Waals surface area contributed by atoms with Crippen LogP contribution >= 0.6 is 23.4 Å². The second-order valence-electron chi connectivity index (χ2n) is 6.77. The van der Waals surface area contributed by atoms with E-state index in [2.05, 4.69) is 21.7 Å². The van der Waals surface area contributed by atoms with Crippen LogP contribution in [0.2, 0.25) is 5.02 Å². The number of nitrogens with zero attached hydrogens (tertiary/aromatic N) is 3. The summed E-state index contributed by atoms with van der Waals surface area (Å²) in [6.45, 7) is 3.18. The fourth-order valence-electron chi connectivity index (χ4n) is 2.81. The van der Waals surface area contributed by atoms with Crippen molar-refractivity contribution in [2.24, 2.45) is 0 Å². The number of aliphatic hydroxyl groups excluding tert-OH is 1. The van der Waals surface area contributed by atoms with Crippen molar-refractivity contribution in [1.29, 1.82) is 0 Å². The summed E-state index contributed by atoms with van der Waals surface area (Å²) in [6, 6.07) is 14.9. The van der Waals surface area contributed by atoms with Gasteiger partial charge in [-0.15, -0.1) is 10.2 Å². The molecule has 160 valence electrons. The first kappa shape index (κ1) is 22.5. The fourth-order valence-corrected chi connectivity index (χ4v) is 3.80. The highest BCUT2D eigenvalue weighted by molar-refractivity contribution is 7.99. The molecule has 0 saturated heterocycles. The zero-order valence-electron chi connectivity index (χ0n) is 17.1. The van der Waals surface area contributed by atoms with Crippen LogP contribution in [-0.2, 0) is 6.54 Å². The van der Waals surface area contributed by atoms with Gasteiger partial charge in [-0.25, -0.2) is 0 Å². The second-order valence-corrected chi connectivity index (χ2v) is 8.19. The Hall–Kier alpha value is -2.22. The van der Waals surface area contributed by atoms with Gasteiger partial charge >= 0.3 is 0 Å². The number of rotatable bonds is 11. The van der Waals surface area contributed by atoms with Crippen LogP contribution in [0, 0.1) is 0 Å². The highest BCUT2D eigenvalue weighted by Crippen LogP contribution is 2.26. The average Bonchev–Trinajstić information content (AvgIpc) is 3.18. The summed E-state index contributed by atoms with van der Waals surface area (Å²) >= 11 is 7.35. The molecule has 0 bridgehead atoms. The van der Waals surface area contributed by atoms with E-state index >= 15 is 0 Å². The largest absolute Gasteiger partial charge is 0.497 e. The number of aromatic nitrogens is 3. The summed E-state index contributed by atoms with van der Waals surface area (Å²) < 4.78 is 13.0. The Kier molecular flexibility index (Phi) is 8.42. The molecule has 1 N–H and O–H groups in total. The number of benzene rings is 2. The van der Waals surface area contributed by atoms with E-state index in [-0.39, 0.29) is 6.61 Å². The van der Waals surface area contributed by atoms with Crippen LogP contribution in [-0.4, -0.2) is 45.4 Å². The summed E-state index contributed by atoms with van der Waals surface area (Å²) in [5, 5.41) is 20.5. The quantitative estimate of drug-likeness (QED) is 0.420. The summed E-state index contributed by atoms with van der Waals surface area (Å²) in [7, 11) is 1.65. The van der Waals surface area contributed by atoms with Gasteiger partial charge in [0.25, 0.3) is 0 Å². The molecule has 0 fully saturated rings. The lowest BCUT2D eigenvalue weighted by Crippen LogP contribution is -2.20. The van der Waals surface area contributed by atoms with Gasteiger partial charge in [0, 0.05) is 22.9 Å². The summed E-state index contributed by atoms with van der Waals surface area (Å²) in [5.74, 6) is 2.76. The van der Waals surface area contributed by atoms with Crippen LogP contribution in [0.5, 0.6) is 11.5 Å². The van der Waals surface area contributed by atoms with Crippen LogP contribution in [0.25, 0.3) is 11.4 Å². The van der Waals surface area contributed by atoms with Crippen molar-refractivity contribution < 1.29 is 14.6 Å². The molecule has 0 saturated carbocycles. The monoisotopic (exact) mass is 447 g/mol. The minimum absolute atomic E-state index is 0.197. The standard InChI is InChI=1S/C22H26ClN3O3S/c1-3-4-13-26-21(16-5-9-19(28-2)10-6-16)24-25-22(26)30-15-18(27)14-29-20-11-7-17(23)8-12-20/h5-12,18,27H,3-4,13-15H2,1-2H3. The van der Waals surface area contributed by atoms with Crippen LogP contribution in [0.15, 0.2) is 53.7 Å². The molecule has 3 rings (SSSR count). The number of hydrogen-bond donors (Lipinski definition) is 1. The average molecular weight is 448 g/mol. The van der Waals surface area contributed by atoms with E-state index in [1.165, 1.54) is 11.8 Å². The van der Waals surface area contributed by atoms with Gasteiger partial charge in [-0.3, -0.25) is 0 Å². The lowest BCUT2D eigenvalue weighted by atomic mass is 10.2. The number of thioether (sulfide) groups is 1. The summed E-state index contributed by atoms with van der Waals surface area (Å²) in [5.41, 5.74) is 0.984. The molecule has 0 amide bonds. The van der Waals surface area contributed by atoms with E-state index in [9.17, 15) is 5.11 Å². The third kappa shape index (κ3) is 6.14. The molecular formula is C22H26ClN3O3S. The predicted molar refractivity (Wildman–Crippen MR) is 121 cm³/mol. The van der Waals surface area contributed by atoms with E-state index in [1.54, 1.807) is 31.4 Å². The molecule has 0 spiro atoms. The van der Waals surface area contributed by atoms with Crippen molar-refractivity contribution in [3.8, 4) is 22.9 Å². The Balaban J connectivity index is 1.64. The third-order valence-corrected chi connectivity index (χ3v) is 5.82. The Morgan fingerprint density at radius 3 is 2.43 bits per heavy atom. The van der Waals surface area contributed by atoms with E-state index in [1.807, 2.05) is 24.3 Å². The van der Waals surface area contributed by atoms with Crippen LogP contribution < -0.4 is 9.47 Å². The number of hydrogen-bond acceptors (Lipinski definition) is 6. The lowest BCUT2D eigenvalue weighted by molar-refractivity contribution is 0.126. The lowest BCUT2D eigenvalue weighted by Gasteiger charge is -2.13. The molecular weight excluding hydrogens is 422 g/mol.